The Kier molecular flexibility index (Phi) is 3.11. The minimum atomic E-state index is -0.350. The standard InChI is InChI=1S/C13H10ClNO2/c1-15-7-6-12(16)10(8-15)13(17)9-4-2-3-5-11(9)14/h2-8H,1H3. The van der Waals surface area contributed by atoms with E-state index in [0.717, 1.165) is 0 Å². The van der Waals surface area contributed by atoms with E-state index in [2.05, 4.69) is 0 Å². The molecule has 0 aliphatic heterocycles. The monoisotopic (exact) mass is 247 g/mol. The fraction of sp³-hybridized carbons (Fsp3) is 0.0769. The van der Waals surface area contributed by atoms with E-state index in [1.54, 1.807) is 42.1 Å². The summed E-state index contributed by atoms with van der Waals surface area (Å²) in [4.78, 5) is 23.8. The first-order valence-electron chi connectivity index (χ1n) is 5.05. The third-order valence-corrected chi connectivity index (χ3v) is 2.75. The average molecular weight is 248 g/mol. The van der Waals surface area contributed by atoms with Crippen LogP contribution >= 0.6 is 11.6 Å². The number of rotatable bonds is 2. The number of aryl methyl sites for hydroxylation is 1. The summed E-state index contributed by atoms with van der Waals surface area (Å²) in [5.74, 6) is -0.350. The molecule has 4 heteroatoms. The van der Waals surface area contributed by atoms with Crippen molar-refractivity contribution in [2.75, 3.05) is 0 Å². The number of ketones is 1. The van der Waals surface area contributed by atoms with Gasteiger partial charge in [0.1, 0.15) is 0 Å². The summed E-state index contributed by atoms with van der Waals surface area (Å²) < 4.78 is 1.66. The highest BCUT2D eigenvalue weighted by Gasteiger charge is 2.15. The Hall–Kier alpha value is -1.87. The Bertz CT molecular complexity index is 631. The molecule has 17 heavy (non-hydrogen) atoms. The van der Waals surface area contributed by atoms with Gasteiger partial charge in [0.15, 0.2) is 11.2 Å². The van der Waals surface area contributed by atoms with Gasteiger partial charge in [-0.1, -0.05) is 23.7 Å². The van der Waals surface area contributed by atoms with Crippen LogP contribution in [0.2, 0.25) is 5.02 Å². The molecule has 2 aromatic rings. The van der Waals surface area contributed by atoms with Crippen molar-refractivity contribution in [2.24, 2.45) is 7.05 Å². The molecule has 0 fully saturated rings. The zero-order valence-corrected chi connectivity index (χ0v) is 9.94. The number of aromatic nitrogens is 1. The van der Waals surface area contributed by atoms with E-state index in [-0.39, 0.29) is 16.8 Å². The van der Waals surface area contributed by atoms with Crippen LogP contribution in [0.25, 0.3) is 0 Å². The molecule has 3 nitrogen and oxygen atoms in total. The van der Waals surface area contributed by atoms with E-state index < -0.39 is 0 Å². The van der Waals surface area contributed by atoms with Crippen LogP contribution in [-0.2, 0) is 7.05 Å². The topological polar surface area (TPSA) is 39.1 Å². The molecule has 0 radical (unpaired) electrons. The summed E-state index contributed by atoms with van der Waals surface area (Å²) in [7, 11) is 1.75. The van der Waals surface area contributed by atoms with E-state index in [9.17, 15) is 9.59 Å². The molecule has 2 rings (SSSR count). The molecule has 0 bridgehead atoms. The number of halogens is 1. The van der Waals surface area contributed by atoms with Crippen molar-refractivity contribution in [3.8, 4) is 0 Å². The largest absolute Gasteiger partial charge is 0.356 e. The smallest absolute Gasteiger partial charge is 0.199 e. The Morgan fingerprint density at radius 1 is 1.18 bits per heavy atom. The highest BCUT2D eigenvalue weighted by molar-refractivity contribution is 6.34. The van der Waals surface area contributed by atoms with Crippen molar-refractivity contribution in [1.82, 2.24) is 4.57 Å². The molecule has 1 aromatic carbocycles. The Balaban J connectivity index is 2.55. The van der Waals surface area contributed by atoms with Gasteiger partial charge in [-0.25, -0.2) is 0 Å². The summed E-state index contributed by atoms with van der Waals surface area (Å²) in [6, 6.07) is 8.05. The number of benzene rings is 1. The lowest BCUT2D eigenvalue weighted by Gasteiger charge is -2.04. The van der Waals surface area contributed by atoms with Crippen molar-refractivity contribution in [2.45, 2.75) is 0 Å². The van der Waals surface area contributed by atoms with Crippen LogP contribution in [0.3, 0.4) is 0 Å². The van der Waals surface area contributed by atoms with Gasteiger partial charge in [-0.3, -0.25) is 9.59 Å². The lowest BCUT2D eigenvalue weighted by atomic mass is 10.0. The lowest BCUT2D eigenvalue weighted by molar-refractivity contribution is 0.103. The highest BCUT2D eigenvalue weighted by atomic mass is 35.5. The molecule has 86 valence electrons. The maximum Gasteiger partial charge on any atom is 0.199 e. The van der Waals surface area contributed by atoms with E-state index in [1.807, 2.05) is 0 Å². The van der Waals surface area contributed by atoms with E-state index in [0.29, 0.717) is 10.6 Å². The highest BCUT2D eigenvalue weighted by Crippen LogP contribution is 2.17. The molecule has 0 unspecified atom stereocenters. The molecule has 0 amide bonds. The fourth-order valence-corrected chi connectivity index (χ4v) is 1.77. The van der Waals surface area contributed by atoms with Gasteiger partial charge >= 0.3 is 0 Å². The van der Waals surface area contributed by atoms with Crippen LogP contribution in [0.1, 0.15) is 15.9 Å². The zero-order chi connectivity index (χ0) is 12.4. The van der Waals surface area contributed by atoms with Crippen LogP contribution in [0.4, 0.5) is 0 Å². The third-order valence-electron chi connectivity index (χ3n) is 2.42. The van der Waals surface area contributed by atoms with Crippen LogP contribution < -0.4 is 5.43 Å². The summed E-state index contributed by atoms with van der Waals surface area (Å²) >= 11 is 5.93. The van der Waals surface area contributed by atoms with Crippen molar-refractivity contribution in [3.63, 3.8) is 0 Å². The summed E-state index contributed by atoms with van der Waals surface area (Å²) in [5, 5.41) is 0.350. The van der Waals surface area contributed by atoms with Gasteiger partial charge in [-0.05, 0) is 12.1 Å². The first-order valence-corrected chi connectivity index (χ1v) is 5.43. The fourth-order valence-electron chi connectivity index (χ4n) is 1.55. The normalized spacial score (nSPS) is 10.2. The summed E-state index contributed by atoms with van der Waals surface area (Å²) in [5.41, 5.74) is 0.175. The summed E-state index contributed by atoms with van der Waals surface area (Å²) in [6.07, 6.45) is 3.11. The predicted molar refractivity (Wildman–Crippen MR) is 66.6 cm³/mol. The molecule has 0 aliphatic carbocycles. The number of carbonyl (C=O) groups is 1. The van der Waals surface area contributed by atoms with Crippen LogP contribution in [0.5, 0.6) is 0 Å². The second-order valence-electron chi connectivity index (χ2n) is 3.70. The first-order chi connectivity index (χ1) is 8.09. The molecule has 0 aliphatic rings. The molecule has 0 saturated heterocycles. The number of hydrogen-bond acceptors (Lipinski definition) is 2. The van der Waals surface area contributed by atoms with Crippen molar-refractivity contribution < 1.29 is 4.79 Å². The number of pyridine rings is 1. The van der Waals surface area contributed by atoms with Gasteiger partial charge in [0.25, 0.3) is 0 Å². The maximum atomic E-state index is 12.1. The van der Waals surface area contributed by atoms with Gasteiger partial charge < -0.3 is 4.57 Å². The number of carbonyl (C=O) groups excluding carboxylic acids is 1. The third kappa shape index (κ3) is 2.29. The first kappa shape index (κ1) is 11.6. The second-order valence-corrected chi connectivity index (χ2v) is 4.10. The lowest BCUT2D eigenvalue weighted by Crippen LogP contribution is -2.17. The van der Waals surface area contributed by atoms with Crippen molar-refractivity contribution >= 4 is 17.4 Å². The number of nitrogens with zero attached hydrogens (tertiary/aromatic N) is 1. The van der Waals surface area contributed by atoms with Crippen LogP contribution in [0.15, 0.2) is 47.5 Å². The average Bonchev–Trinajstić information content (AvgIpc) is 2.32. The van der Waals surface area contributed by atoms with Gasteiger partial charge in [0.2, 0.25) is 0 Å². The SMILES string of the molecule is Cn1ccc(=O)c(C(=O)c2ccccc2Cl)c1. The minimum absolute atomic E-state index is 0.128. The van der Waals surface area contributed by atoms with Crippen LogP contribution in [0, 0.1) is 0 Å². The molecule has 0 atom stereocenters. The molecular weight excluding hydrogens is 238 g/mol. The van der Waals surface area contributed by atoms with Gasteiger partial charge in [-0.15, -0.1) is 0 Å². The molecule has 0 spiro atoms. The van der Waals surface area contributed by atoms with E-state index in [4.69, 9.17) is 11.6 Å². The van der Waals surface area contributed by atoms with Crippen LogP contribution in [-0.4, -0.2) is 10.4 Å². The van der Waals surface area contributed by atoms with Gasteiger partial charge in [0.05, 0.1) is 10.6 Å². The van der Waals surface area contributed by atoms with Crippen molar-refractivity contribution in [1.29, 1.82) is 0 Å². The second kappa shape index (κ2) is 4.55. The molecule has 0 N–H and O–H groups in total. The van der Waals surface area contributed by atoms with E-state index >= 15 is 0 Å². The quantitative estimate of drug-likeness (QED) is 0.764. The zero-order valence-electron chi connectivity index (χ0n) is 9.18. The molecule has 1 aromatic heterocycles. The summed E-state index contributed by atoms with van der Waals surface area (Å²) in [6.45, 7) is 0. The molecular formula is C13H10ClNO2. The predicted octanol–water partition coefficient (Wildman–Crippen LogP) is 2.27. The molecule has 0 saturated carbocycles. The molecule has 1 heterocycles. The Morgan fingerprint density at radius 2 is 1.88 bits per heavy atom. The van der Waals surface area contributed by atoms with Gasteiger partial charge in [0, 0.05) is 31.1 Å². The Morgan fingerprint density at radius 3 is 2.59 bits per heavy atom. The maximum absolute atomic E-state index is 12.1. The number of hydrogen-bond donors (Lipinski definition) is 0. The van der Waals surface area contributed by atoms with Gasteiger partial charge in [-0.2, -0.15) is 0 Å². The minimum Gasteiger partial charge on any atom is -0.356 e. The van der Waals surface area contributed by atoms with Crippen molar-refractivity contribution in [3.05, 3.63) is 69.1 Å². The van der Waals surface area contributed by atoms with E-state index in [1.165, 1.54) is 12.3 Å². The Labute approximate surface area is 103 Å².